The number of anilines is 1. The maximum Gasteiger partial charge on any atom is 0.202 e. The van der Waals surface area contributed by atoms with E-state index in [1.807, 2.05) is 66.7 Å². The third-order valence-electron chi connectivity index (χ3n) is 2.94. The second-order valence-electron chi connectivity index (χ2n) is 4.44. The van der Waals surface area contributed by atoms with Crippen LogP contribution >= 0.6 is 11.6 Å². The minimum absolute atomic E-state index is 0.326. The molecule has 3 rings (SSSR count). The number of benzene rings is 2. The van der Waals surface area contributed by atoms with Gasteiger partial charge in [-0.2, -0.15) is 5.10 Å². The summed E-state index contributed by atoms with van der Waals surface area (Å²) in [7, 11) is 0. The van der Waals surface area contributed by atoms with Gasteiger partial charge in [0, 0.05) is 5.56 Å². The number of nitrogens with zero attached hydrogens (tertiary/aromatic N) is 1. The van der Waals surface area contributed by atoms with Gasteiger partial charge >= 0.3 is 0 Å². The van der Waals surface area contributed by atoms with E-state index in [4.69, 9.17) is 16.0 Å². The number of nitrogens with one attached hydrogen (secondary N) is 1. The van der Waals surface area contributed by atoms with Crippen LogP contribution in [0.5, 0.6) is 0 Å². The third kappa shape index (κ3) is 3.33. The van der Waals surface area contributed by atoms with Crippen LogP contribution in [-0.2, 0) is 0 Å². The maximum atomic E-state index is 6.09. The molecule has 3 nitrogen and oxygen atoms in total. The fourth-order valence-corrected chi connectivity index (χ4v) is 2.09. The molecule has 0 atom stereocenters. The Balaban J connectivity index is 1.76. The number of para-hydroxylation sites is 1. The van der Waals surface area contributed by atoms with Gasteiger partial charge in [-0.1, -0.05) is 48.5 Å². The molecule has 0 aliphatic rings. The van der Waals surface area contributed by atoms with E-state index in [1.54, 1.807) is 6.21 Å². The Hall–Kier alpha value is -2.52. The highest BCUT2D eigenvalue weighted by Crippen LogP contribution is 2.27. The molecule has 0 amide bonds. The minimum Gasteiger partial charge on any atom is -0.444 e. The van der Waals surface area contributed by atoms with Gasteiger partial charge < -0.3 is 4.42 Å². The molecular formula is C17H13ClN2O. The van der Waals surface area contributed by atoms with Crippen LogP contribution in [0.25, 0.3) is 11.3 Å². The molecule has 1 aromatic heterocycles. The van der Waals surface area contributed by atoms with E-state index in [-0.39, 0.29) is 0 Å². The average molecular weight is 297 g/mol. The summed E-state index contributed by atoms with van der Waals surface area (Å²) >= 11 is 6.09. The fourth-order valence-electron chi connectivity index (χ4n) is 1.90. The lowest BCUT2D eigenvalue weighted by atomic mass is 10.1. The van der Waals surface area contributed by atoms with Crippen molar-refractivity contribution in [2.24, 2.45) is 5.10 Å². The number of halogens is 1. The molecule has 21 heavy (non-hydrogen) atoms. The van der Waals surface area contributed by atoms with E-state index in [9.17, 15) is 0 Å². The van der Waals surface area contributed by atoms with Crippen LogP contribution in [0.1, 0.15) is 5.56 Å². The Morgan fingerprint density at radius 3 is 2.33 bits per heavy atom. The van der Waals surface area contributed by atoms with Gasteiger partial charge in [0.25, 0.3) is 0 Å². The summed E-state index contributed by atoms with van der Waals surface area (Å²) in [6.07, 6.45) is 1.64. The van der Waals surface area contributed by atoms with Crippen LogP contribution in [0.2, 0.25) is 5.22 Å². The first kappa shape index (κ1) is 13.5. The van der Waals surface area contributed by atoms with Crippen LogP contribution in [0.3, 0.4) is 0 Å². The summed E-state index contributed by atoms with van der Waals surface area (Å²) in [5.74, 6) is 0.724. The minimum atomic E-state index is 0.326. The molecule has 0 saturated heterocycles. The number of hydrazone groups is 1. The quantitative estimate of drug-likeness (QED) is 0.540. The largest absolute Gasteiger partial charge is 0.444 e. The zero-order valence-electron chi connectivity index (χ0n) is 11.2. The molecule has 104 valence electrons. The Morgan fingerprint density at radius 2 is 1.62 bits per heavy atom. The summed E-state index contributed by atoms with van der Waals surface area (Å²) in [5, 5.41) is 4.49. The highest BCUT2D eigenvalue weighted by Gasteiger charge is 2.08. The molecule has 0 aliphatic carbocycles. The van der Waals surface area contributed by atoms with Crippen LogP contribution < -0.4 is 5.43 Å². The summed E-state index contributed by atoms with van der Waals surface area (Å²) in [6, 6.07) is 21.4. The highest BCUT2D eigenvalue weighted by molar-refractivity contribution is 6.31. The molecule has 0 aliphatic heterocycles. The Kier molecular flexibility index (Phi) is 4.03. The molecule has 3 aromatic rings. The molecule has 2 aromatic carbocycles. The SMILES string of the molecule is Clc1oc(-c2ccccc2)cc1/C=N/Nc1ccccc1. The van der Waals surface area contributed by atoms with Crippen molar-refractivity contribution in [2.75, 3.05) is 5.43 Å². The number of furan rings is 1. The molecule has 0 spiro atoms. The van der Waals surface area contributed by atoms with E-state index in [2.05, 4.69) is 10.5 Å². The smallest absolute Gasteiger partial charge is 0.202 e. The molecule has 1 heterocycles. The molecule has 0 fully saturated rings. The first-order valence-corrected chi connectivity index (χ1v) is 6.89. The Labute approximate surface area is 127 Å². The number of hydrogen-bond acceptors (Lipinski definition) is 3. The van der Waals surface area contributed by atoms with Gasteiger partial charge in [-0.15, -0.1) is 0 Å². The number of rotatable bonds is 4. The van der Waals surface area contributed by atoms with Gasteiger partial charge in [-0.3, -0.25) is 5.43 Å². The van der Waals surface area contributed by atoms with Gasteiger partial charge in [-0.05, 0) is 29.8 Å². The highest BCUT2D eigenvalue weighted by atomic mass is 35.5. The second-order valence-corrected chi connectivity index (χ2v) is 4.79. The molecule has 0 saturated carbocycles. The third-order valence-corrected chi connectivity index (χ3v) is 3.24. The maximum absolute atomic E-state index is 6.09. The van der Waals surface area contributed by atoms with E-state index in [0.717, 1.165) is 22.6 Å². The van der Waals surface area contributed by atoms with Crippen molar-refractivity contribution >= 4 is 23.5 Å². The van der Waals surface area contributed by atoms with Crippen molar-refractivity contribution in [3.05, 3.63) is 77.5 Å². The van der Waals surface area contributed by atoms with Crippen LogP contribution in [0.15, 0.2) is 76.2 Å². The molecule has 0 radical (unpaired) electrons. The predicted octanol–water partition coefficient (Wildman–Crippen LogP) is 5.05. The summed E-state index contributed by atoms with van der Waals surface area (Å²) in [6.45, 7) is 0. The van der Waals surface area contributed by atoms with Crippen molar-refractivity contribution < 1.29 is 4.42 Å². The summed E-state index contributed by atoms with van der Waals surface area (Å²) < 4.78 is 5.55. The first-order valence-electron chi connectivity index (χ1n) is 6.52. The van der Waals surface area contributed by atoms with Crippen LogP contribution in [0, 0.1) is 0 Å². The second kappa shape index (κ2) is 6.29. The lowest BCUT2D eigenvalue weighted by Crippen LogP contribution is -1.89. The van der Waals surface area contributed by atoms with Crippen molar-refractivity contribution in [1.29, 1.82) is 0 Å². The van der Waals surface area contributed by atoms with Gasteiger partial charge in [0.05, 0.1) is 17.5 Å². The average Bonchev–Trinajstić information content (AvgIpc) is 2.91. The zero-order valence-corrected chi connectivity index (χ0v) is 11.9. The lowest BCUT2D eigenvalue weighted by Gasteiger charge is -1.97. The van der Waals surface area contributed by atoms with Gasteiger partial charge in [-0.25, -0.2) is 0 Å². The van der Waals surface area contributed by atoms with E-state index in [1.165, 1.54) is 0 Å². The van der Waals surface area contributed by atoms with Crippen molar-refractivity contribution in [1.82, 2.24) is 0 Å². The van der Waals surface area contributed by atoms with E-state index < -0.39 is 0 Å². The first-order chi connectivity index (χ1) is 10.3. The van der Waals surface area contributed by atoms with Gasteiger partial charge in [0.2, 0.25) is 5.22 Å². The Morgan fingerprint density at radius 1 is 0.952 bits per heavy atom. The van der Waals surface area contributed by atoms with Crippen molar-refractivity contribution in [3.63, 3.8) is 0 Å². The normalized spacial score (nSPS) is 10.9. The summed E-state index contributed by atoms with van der Waals surface area (Å²) in [4.78, 5) is 0. The Bertz CT molecular complexity index is 736. The van der Waals surface area contributed by atoms with Gasteiger partial charge in [0.1, 0.15) is 5.76 Å². The van der Waals surface area contributed by atoms with E-state index >= 15 is 0 Å². The van der Waals surface area contributed by atoms with E-state index in [0.29, 0.717) is 5.22 Å². The lowest BCUT2D eigenvalue weighted by molar-refractivity contribution is 0.584. The molecule has 0 bridgehead atoms. The van der Waals surface area contributed by atoms with Crippen LogP contribution in [0.4, 0.5) is 5.69 Å². The predicted molar refractivity (Wildman–Crippen MR) is 86.8 cm³/mol. The molecule has 0 unspecified atom stereocenters. The number of hydrogen-bond donors (Lipinski definition) is 1. The summed E-state index contributed by atoms with van der Waals surface area (Å²) in [5.41, 5.74) is 5.57. The van der Waals surface area contributed by atoms with Crippen molar-refractivity contribution in [2.45, 2.75) is 0 Å². The molecular weight excluding hydrogens is 284 g/mol. The zero-order chi connectivity index (χ0) is 14.5. The van der Waals surface area contributed by atoms with Crippen molar-refractivity contribution in [3.8, 4) is 11.3 Å². The monoisotopic (exact) mass is 296 g/mol. The molecule has 1 N–H and O–H groups in total. The standard InChI is InChI=1S/C17H13ClN2O/c18-17-14(12-19-20-15-9-5-2-6-10-15)11-16(21-17)13-7-3-1-4-8-13/h1-12,20H/b19-12+. The fraction of sp³-hybridized carbons (Fsp3) is 0. The topological polar surface area (TPSA) is 37.5 Å². The van der Waals surface area contributed by atoms with Crippen LogP contribution in [-0.4, -0.2) is 6.21 Å². The molecule has 4 heteroatoms. The van der Waals surface area contributed by atoms with Gasteiger partial charge in [0.15, 0.2) is 0 Å².